The van der Waals surface area contributed by atoms with Crippen molar-refractivity contribution in [2.75, 3.05) is 13.7 Å². The molecule has 21 heavy (non-hydrogen) atoms. The number of halogens is 2. The van der Waals surface area contributed by atoms with Gasteiger partial charge >= 0.3 is 0 Å². The number of aromatic nitrogens is 2. The Morgan fingerprint density at radius 3 is 2.71 bits per heavy atom. The number of benzene rings is 1. The molecule has 2 aromatic rings. The second kappa shape index (κ2) is 6.75. The van der Waals surface area contributed by atoms with E-state index in [1.54, 1.807) is 14.0 Å². The van der Waals surface area contributed by atoms with Crippen molar-refractivity contribution >= 4 is 22.6 Å². The van der Waals surface area contributed by atoms with Gasteiger partial charge in [-0.1, -0.05) is 13.3 Å². The smallest absolute Gasteiger partial charge is 0.128 e. The second-order valence-corrected chi connectivity index (χ2v) is 6.10. The number of hydrogen-bond donors (Lipinski definition) is 0. The summed E-state index contributed by atoms with van der Waals surface area (Å²) in [7, 11) is 1.69. The first-order chi connectivity index (χ1) is 9.99. The van der Waals surface area contributed by atoms with Crippen LogP contribution in [0.1, 0.15) is 49.5 Å². The molecule has 0 aliphatic heterocycles. The Morgan fingerprint density at radius 2 is 2.14 bits per heavy atom. The highest BCUT2D eigenvalue weighted by atomic mass is 35.5. The normalized spacial score (nSPS) is 14.6. The van der Waals surface area contributed by atoms with E-state index in [2.05, 4.69) is 16.5 Å². The van der Waals surface area contributed by atoms with Crippen LogP contribution >= 0.6 is 11.6 Å². The van der Waals surface area contributed by atoms with Crippen LogP contribution in [-0.2, 0) is 4.74 Å². The molecular weight excluding hydrogens is 291 g/mol. The molecule has 116 valence electrons. The Hall–Kier alpha value is -1.13. The van der Waals surface area contributed by atoms with E-state index in [0.717, 1.165) is 24.2 Å². The van der Waals surface area contributed by atoms with Gasteiger partial charge < -0.3 is 9.30 Å². The molecule has 2 unspecified atom stereocenters. The van der Waals surface area contributed by atoms with Gasteiger partial charge in [0.1, 0.15) is 11.6 Å². The summed E-state index contributed by atoms with van der Waals surface area (Å²) in [6, 6.07) is 3.49. The van der Waals surface area contributed by atoms with Gasteiger partial charge in [0.2, 0.25) is 0 Å². The Kier molecular flexibility index (Phi) is 5.22. The van der Waals surface area contributed by atoms with E-state index in [-0.39, 0.29) is 17.2 Å². The molecule has 0 spiro atoms. The fraction of sp³-hybridized carbons (Fsp3) is 0.562. The molecule has 0 bridgehead atoms. The lowest BCUT2D eigenvalue weighted by Crippen LogP contribution is -2.17. The van der Waals surface area contributed by atoms with Crippen molar-refractivity contribution in [3.05, 3.63) is 29.3 Å². The van der Waals surface area contributed by atoms with Crippen molar-refractivity contribution in [3.8, 4) is 0 Å². The van der Waals surface area contributed by atoms with Crippen molar-refractivity contribution in [1.82, 2.24) is 9.55 Å². The topological polar surface area (TPSA) is 27.1 Å². The second-order valence-electron chi connectivity index (χ2n) is 5.44. The Morgan fingerprint density at radius 1 is 1.43 bits per heavy atom. The zero-order valence-corrected chi connectivity index (χ0v) is 13.7. The predicted molar refractivity (Wildman–Crippen MR) is 84.5 cm³/mol. The maximum absolute atomic E-state index is 13.8. The molecule has 0 radical (unpaired) electrons. The lowest BCUT2D eigenvalue weighted by atomic mass is 10.1. The Bertz CT molecular complexity index is 618. The van der Waals surface area contributed by atoms with Gasteiger partial charge in [0, 0.05) is 13.2 Å². The lowest BCUT2D eigenvalue weighted by Gasteiger charge is -2.21. The number of nitrogens with zero attached hydrogens (tertiary/aromatic N) is 2. The molecule has 0 fully saturated rings. The number of hydrogen-bond acceptors (Lipinski definition) is 2. The first kappa shape index (κ1) is 16.2. The molecule has 1 aromatic heterocycles. The van der Waals surface area contributed by atoms with Gasteiger partial charge in [0.15, 0.2) is 0 Å². The molecule has 0 saturated carbocycles. The minimum absolute atomic E-state index is 0.158. The molecule has 1 aromatic carbocycles. The average Bonchev–Trinajstić information content (AvgIpc) is 2.78. The maximum Gasteiger partial charge on any atom is 0.128 e. The fourth-order valence-electron chi connectivity index (χ4n) is 2.72. The molecule has 3 nitrogen and oxygen atoms in total. The third-order valence-corrected chi connectivity index (χ3v) is 3.89. The highest BCUT2D eigenvalue weighted by Crippen LogP contribution is 2.31. The standard InChI is InChI=1S/C16H22ClFN2O/c1-5-6-12(9-21-4)20-15-7-10(2)13(18)8-14(15)19-16(20)11(3)17/h7-8,11-12H,5-6,9H2,1-4H3. The minimum Gasteiger partial charge on any atom is -0.383 e. The van der Waals surface area contributed by atoms with Crippen molar-refractivity contribution < 1.29 is 9.13 Å². The largest absolute Gasteiger partial charge is 0.383 e. The lowest BCUT2D eigenvalue weighted by molar-refractivity contribution is 0.150. The fourth-order valence-corrected chi connectivity index (χ4v) is 2.87. The highest BCUT2D eigenvalue weighted by Gasteiger charge is 2.22. The number of aryl methyl sites for hydroxylation is 1. The summed E-state index contributed by atoms with van der Waals surface area (Å²) in [6.07, 6.45) is 2.00. The third kappa shape index (κ3) is 3.22. The number of rotatable bonds is 6. The molecule has 2 atom stereocenters. The van der Waals surface area contributed by atoms with Crippen molar-refractivity contribution in [1.29, 1.82) is 0 Å². The molecule has 0 aliphatic rings. The highest BCUT2D eigenvalue weighted by molar-refractivity contribution is 6.20. The summed E-state index contributed by atoms with van der Waals surface area (Å²) in [5.74, 6) is 0.534. The monoisotopic (exact) mass is 312 g/mol. The summed E-state index contributed by atoms with van der Waals surface area (Å²) >= 11 is 6.29. The number of fused-ring (bicyclic) bond motifs is 1. The number of ether oxygens (including phenoxy) is 1. The summed E-state index contributed by atoms with van der Waals surface area (Å²) in [5.41, 5.74) is 2.19. The predicted octanol–water partition coefficient (Wildman–Crippen LogP) is 4.77. The van der Waals surface area contributed by atoms with Crippen molar-refractivity contribution in [3.63, 3.8) is 0 Å². The first-order valence-electron chi connectivity index (χ1n) is 7.30. The van der Waals surface area contributed by atoms with E-state index in [9.17, 15) is 4.39 Å². The van der Waals surface area contributed by atoms with Crippen LogP contribution in [0.5, 0.6) is 0 Å². The summed E-state index contributed by atoms with van der Waals surface area (Å²) in [5, 5.41) is -0.239. The van der Waals surface area contributed by atoms with Crippen molar-refractivity contribution in [2.45, 2.75) is 45.0 Å². The summed E-state index contributed by atoms with van der Waals surface area (Å²) < 4.78 is 21.3. The molecule has 0 aliphatic carbocycles. The maximum atomic E-state index is 13.8. The van der Waals surface area contributed by atoms with Crippen LogP contribution < -0.4 is 0 Å². The SMILES string of the molecule is CCCC(COC)n1c(C(C)Cl)nc2cc(F)c(C)cc21. The third-order valence-electron chi connectivity index (χ3n) is 3.70. The van der Waals surface area contributed by atoms with Crippen LogP contribution in [0.3, 0.4) is 0 Å². The quantitative estimate of drug-likeness (QED) is 0.718. The molecule has 2 rings (SSSR count). The molecule has 0 N–H and O–H groups in total. The van der Waals surface area contributed by atoms with Crippen LogP contribution in [0.2, 0.25) is 0 Å². The zero-order valence-electron chi connectivity index (χ0n) is 13.0. The van der Waals surface area contributed by atoms with Crippen molar-refractivity contribution in [2.24, 2.45) is 0 Å². The van der Waals surface area contributed by atoms with Crippen LogP contribution in [0.15, 0.2) is 12.1 Å². The number of methoxy groups -OCH3 is 1. The zero-order chi connectivity index (χ0) is 15.6. The van der Waals surface area contributed by atoms with Gasteiger partial charge in [-0.05, 0) is 31.9 Å². The van der Waals surface area contributed by atoms with Crippen LogP contribution in [-0.4, -0.2) is 23.3 Å². The summed E-state index contributed by atoms with van der Waals surface area (Å²) in [6.45, 7) is 6.38. The Labute approximate surface area is 130 Å². The molecule has 5 heteroatoms. The van der Waals surface area contributed by atoms with Crippen LogP contribution in [0.25, 0.3) is 11.0 Å². The first-order valence-corrected chi connectivity index (χ1v) is 7.74. The van der Waals surface area contributed by atoms with Gasteiger partial charge in [-0.2, -0.15) is 0 Å². The molecule has 0 amide bonds. The van der Waals surface area contributed by atoms with Gasteiger partial charge in [-0.15, -0.1) is 11.6 Å². The van der Waals surface area contributed by atoms with Crippen LogP contribution in [0.4, 0.5) is 4.39 Å². The van der Waals surface area contributed by atoms with Gasteiger partial charge in [-0.3, -0.25) is 0 Å². The van der Waals surface area contributed by atoms with Crippen LogP contribution in [0, 0.1) is 12.7 Å². The van der Waals surface area contributed by atoms with E-state index >= 15 is 0 Å². The number of alkyl halides is 1. The van der Waals surface area contributed by atoms with E-state index in [0.29, 0.717) is 17.7 Å². The average molecular weight is 313 g/mol. The number of imidazole rings is 1. The van der Waals surface area contributed by atoms with Gasteiger partial charge in [0.05, 0.1) is 29.1 Å². The van der Waals surface area contributed by atoms with Gasteiger partial charge in [0.25, 0.3) is 0 Å². The molecular formula is C16H22ClFN2O. The molecule has 0 saturated heterocycles. The van der Waals surface area contributed by atoms with E-state index in [1.165, 1.54) is 6.07 Å². The van der Waals surface area contributed by atoms with E-state index in [1.807, 2.05) is 13.0 Å². The van der Waals surface area contributed by atoms with Gasteiger partial charge in [-0.25, -0.2) is 9.37 Å². The summed E-state index contributed by atoms with van der Waals surface area (Å²) in [4.78, 5) is 4.53. The van der Waals surface area contributed by atoms with E-state index < -0.39 is 0 Å². The molecule has 1 heterocycles. The Balaban J connectivity index is 2.66. The minimum atomic E-state index is -0.239. The van der Waals surface area contributed by atoms with E-state index in [4.69, 9.17) is 16.3 Å².